The van der Waals surface area contributed by atoms with E-state index in [2.05, 4.69) is 30.9 Å². The molecule has 0 saturated carbocycles. The van der Waals surface area contributed by atoms with Crippen LogP contribution in [0, 0.1) is 0 Å². The van der Waals surface area contributed by atoms with Crippen LogP contribution < -0.4 is 0 Å². The number of rotatable bonds is 6. The van der Waals surface area contributed by atoms with Crippen molar-refractivity contribution in [1.82, 2.24) is 45.0 Å². The lowest BCUT2D eigenvalue weighted by atomic mass is 9.93. The van der Waals surface area contributed by atoms with Gasteiger partial charge in [-0.05, 0) is 54.6 Å². The first-order valence-electron chi connectivity index (χ1n) is 11.5. The molecule has 0 atom stereocenters. The number of aromatic nitrogens is 9. The Kier molecular flexibility index (Phi) is 7.41. The Morgan fingerprint density at radius 1 is 0.463 bits per heavy atom. The van der Waals surface area contributed by atoms with Crippen molar-refractivity contribution < 1.29 is 5.11 Å². The molecule has 6 rings (SSSR count). The summed E-state index contributed by atoms with van der Waals surface area (Å²) < 4.78 is 4.28. The molecule has 16 heteroatoms. The van der Waals surface area contributed by atoms with Gasteiger partial charge < -0.3 is 5.11 Å². The van der Waals surface area contributed by atoms with Gasteiger partial charge in [-0.15, -0.1) is 15.3 Å². The highest BCUT2D eigenvalue weighted by Crippen LogP contribution is 2.35. The van der Waals surface area contributed by atoms with Crippen molar-refractivity contribution in [1.29, 1.82) is 0 Å². The summed E-state index contributed by atoms with van der Waals surface area (Å²) in [5.41, 5.74) is -0.168. The highest BCUT2D eigenvalue weighted by molar-refractivity contribution is 6.43. The number of benzene rings is 3. The maximum atomic E-state index is 12.3. The monoisotopic (exact) mass is 665 g/mol. The largest absolute Gasteiger partial charge is 0.372 e. The molecule has 0 aliphatic carbocycles. The maximum Gasteiger partial charge on any atom is 0.201 e. The topological polar surface area (TPSA) is 112 Å². The fourth-order valence-electron chi connectivity index (χ4n) is 3.94. The van der Waals surface area contributed by atoms with E-state index < -0.39 is 5.60 Å². The zero-order valence-electron chi connectivity index (χ0n) is 20.2. The summed E-state index contributed by atoms with van der Waals surface area (Å²) in [7, 11) is 0. The van der Waals surface area contributed by atoms with Gasteiger partial charge in [0.05, 0.1) is 65.8 Å². The average molecular weight is 668 g/mol. The van der Waals surface area contributed by atoms with E-state index in [4.69, 9.17) is 69.6 Å². The lowest BCUT2D eigenvalue weighted by Crippen LogP contribution is -2.30. The van der Waals surface area contributed by atoms with E-state index in [0.717, 1.165) is 0 Å². The van der Waals surface area contributed by atoms with Crippen LogP contribution in [0.4, 0.5) is 0 Å². The molecule has 3 aromatic carbocycles. The molecule has 6 aromatic rings. The van der Waals surface area contributed by atoms with Crippen molar-refractivity contribution in [2.75, 3.05) is 0 Å². The Labute approximate surface area is 261 Å². The third-order valence-electron chi connectivity index (χ3n) is 6.10. The van der Waals surface area contributed by atoms with Crippen LogP contribution in [0.15, 0.2) is 73.2 Å². The number of hydrogen-bond donors (Lipinski definition) is 1. The van der Waals surface area contributed by atoms with Crippen molar-refractivity contribution in [2.24, 2.45) is 0 Å². The highest BCUT2D eigenvalue weighted by Gasteiger charge is 2.43. The molecule has 0 aliphatic rings. The maximum absolute atomic E-state index is 12.3. The minimum Gasteiger partial charge on any atom is -0.372 e. The fourth-order valence-corrected chi connectivity index (χ4v) is 4.82. The van der Waals surface area contributed by atoms with Gasteiger partial charge in [0, 0.05) is 0 Å². The second kappa shape index (κ2) is 10.9. The van der Waals surface area contributed by atoms with Gasteiger partial charge in [-0.25, -0.2) is 14.0 Å². The van der Waals surface area contributed by atoms with Crippen molar-refractivity contribution in [3.05, 3.63) is 120 Å². The Balaban J connectivity index is 1.47. The van der Waals surface area contributed by atoms with Crippen LogP contribution in [0.2, 0.25) is 30.1 Å². The summed E-state index contributed by atoms with van der Waals surface area (Å²) in [6, 6.07) is 14.8. The van der Waals surface area contributed by atoms with Crippen LogP contribution in [-0.2, 0) is 5.60 Å². The Hall–Kier alpha value is -3.22. The third-order valence-corrected chi connectivity index (χ3v) is 8.31. The van der Waals surface area contributed by atoms with E-state index in [0.29, 0.717) is 47.2 Å². The van der Waals surface area contributed by atoms with Crippen LogP contribution in [0.3, 0.4) is 0 Å². The molecular weight excluding hydrogens is 655 g/mol. The van der Waals surface area contributed by atoms with Gasteiger partial charge in [-0.3, -0.25) is 0 Å². The zero-order valence-corrected chi connectivity index (χ0v) is 24.7. The summed E-state index contributed by atoms with van der Waals surface area (Å²) in [5.74, 6) is 0. The van der Waals surface area contributed by atoms with Crippen LogP contribution >= 0.6 is 69.6 Å². The second-order valence-electron chi connectivity index (χ2n) is 8.65. The first-order chi connectivity index (χ1) is 19.6. The van der Waals surface area contributed by atoms with Crippen LogP contribution in [0.25, 0.3) is 17.1 Å². The van der Waals surface area contributed by atoms with Crippen LogP contribution in [0.1, 0.15) is 17.1 Å². The van der Waals surface area contributed by atoms with Crippen molar-refractivity contribution in [3.63, 3.8) is 0 Å². The van der Waals surface area contributed by atoms with Gasteiger partial charge in [0.15, 0.2) is 0 Å². The SMILES string of the molecule is OC(c1cn(-c2ccc(Cl)c(Cl)c2)nn1)(c1cn(-c2ccc(Cl)c(Cl)c2)nn1)c1cn(-c2ccc(Cl)c(Cl)c2)nn1. The Morgan fingerprint density at radius 3 is 1.02 bits per heavy atom. The number of hydrogen-bond acceptors (Lipinski definition) is 7. The molecule has 0 radical (unpaired) electrons. The normalized spacial score (nSPS) is 11.8. The lowest BCUT2D eigenvalue weighted by Gasteiger charge is -2.20. The highest BCUT2D eigenvalue weighted by atomic mass is 35.5. The minimum atomic E-state index is -2.06. The molecule has 0 fully saturated rings. The molecule has 0 aliphatic heterocycles. The molecule has 0 unspecified atom stereocenters. The van der Waals surface area contributed by atoms with Crippen molar-refractivity contribution in [3.8, 4) is 17.1 Å². The van der Waals surface area contributed by atoms with E-state index in [1.54, 1.807) is 54.6 Å². The molecule has 0 bridgehead atoms. The van der Waals surface area contributed by atoms with Gasteiger partial charge in [-0.2, -0.15) is 0 Å². The van der Waals surface area contributed by atoms with E-state index in [1.165, 1.54) is 32.6 Å². The van der Waals surface area contributed by atoms with Crippen LogP contribution in [0.5, 0.6) is 0 Å². The molecular formula is C25H13Cl6N9O. The predicted molar refractivity (Wildman–Crippen MR) is 156 cm³/mol. The number of aliphatic hydroxyl groups is 1. The molecule has 3 aromatic heterocycles. The second-order valence-corrected chi connectivity index (χ2v) is 11.1. The van der Waals surface area contributed by atoms with Gasteiger partial charge in [0.1, 0.15) is 17.1 Å². The molecule has 206 valence electrons. The standard InChI is InChI=1S/C25H13Cl6N9O/c26-16-4-1-13(7-19(16)29)38-10-22(32-35-38)25(41,23-11-39(36-33-23)14-2-5-17(27)20(30)8-14)24-12-40(37-34-24)15-3-6-18(28)21(31)9-15/h1-12,41H. The Morgan fingerprint density at radius 2 is 0.756 bits per heavy atom. The first kappa shape index (κ1) is 27.9. The summed E-state index contributed by atoms with van der Waals surface area (Å²) in [6.45, 7) is 0. The zero-order chi connectivity index (χ0) is 28.9. The lowest BCUT2D eigenvalue weighted by molar-refractivity contribution is 0.111. The quantitative estimate of drug-likeness (QED) is 0.212. The molecule has 0 saturated heterocycles. The Bertz CT molecular complexity index is 1700. The number of halogens is 6. The molecule has 10 nitrogen and oxygen atoms in total. The minimum absolute atomic E-state index is 0.0750. The van der Waals surface area contributed by atoms with E-state index in [-0.39, 0.29) is 17.1 Å². The van der Waals surface area contributed by atoms with Crippen molar-refractivity contribution >= 4 is 69.6 Å². The van der Waals surface area contributed by atoms with Gasteiger partial charge in [-0.1, -0.05) is 85.2 Å². The predicted octanol–water partition coefficient (Wildman–Crippen LogP) is 6.63. The third kappa shape index (κ3) is 5.17. The number of nitrogens with zero attached hydrogens (tertiary/aromatic N) is 9. The van der Waals surface area contributed by atoms with Gasteiger partial charge in [0.25, 0.3) is 0 Å². The van der Waals surface area contributed by atoms with Crippen LogP contribution in [-0.4, -0.2) is 50.1 Å². The van der Waals surface area contributed by atoms with Gasteiger partial charge >= 0.3 is 0 Å². The smallest absolute Gasteiger partial charge is 0.201 e. The molecule has 1 N–H and O–H groups in total. The molecule has 0 amide bonds. The summed E-state index contributed by atoms with van der Waals surface area (Å²) >= 11 is 36.8. The molecule has 3 heterocycles. The molecule has 41 heavy (non-hydrogen) atoms. The fraction of sp³-hybridized carbons (Fsp3) is 0.0400. The van der Waals surface area contributed by atoms with E-state index in [1.807, 2.05) is 0 Å². The van der Waals surface area contributed by atoms with E-state index >= 15 is 0 Å². The van der Waals surface area contributed by atoms with Crippen molar-refractivity contribution in [2.45, 2.75) is 5.60 Å². The summed E-state index contributed by atoms with van der Waals surface area (Å²) in [5, 5.41) is 39.7. The molecule has 0 spiro atoms. The van der Waals surface area contributed by atoms with Gasteiger partial charge in [0.2, 0.25) is 5.60 Å². The summed E-state index contributed by atoms with van der Waals surface area (Å²) in [4.78, 5) is 0. The average Bonchev–Trinajstić information content (AvgIpc) is 3.74. The first-order valence-corrected chi connectivity index (χ1v) is 13.8. The summed E-state index contributed by atoms with van der Waals surface area (Å²) in [6.07, 6.45) is 4.53. The van der Waals surface area contributed by atoms with E-state index in [9.17, 15) is 5.11 Å².